The predicted molar refractivity (Wildman–Crippen MR) is 87.7 cm³/mol. The van der Waals surface area contributed by atoms with Gasteiger partial charge in [0.25, 0.3) is 0 Å². The van der Waals surface area contributed by atoms with E-state index in [9.17, 15) is 14.3 Å². The van der Waals surface area contributed by atoms with Crippen LogP contribution >= 0.6 is 0 Å². The molecule has 4 nitrogen and oxygen atoms in total. The first-order valence-electron chi connectivity index (χ1n) is 8.48. The number of carbonyl (C=O) groups excluding carboxylic acids is 1. The van der Waals surface area contributed by atoms with Crippen LogP contribution in [0.15, 0.2) is 24.3 Å². The van der Waals surface area contributed by atoms with Gasteiger partial charge in [0.1, 0.15) is 11.4 Å². The monoisotopic (exact) mass is 331 g/mol. The van der Waals surface area contributed by atoms with Crippen LogP contribution < -0.4 is 0 Å². The van der Waals surface area contributed by atoms with Crippen LogP contribution in [0.5, 0.6) is 0 Å². The summed E-state index contributed by atoms with van der Waals surface area (Å²) in [4.78, 5) is 13.8. The van der Waals surface area contributed by atoms with Crippen LogP contribution in [0.1, 0.15) is 38.2 Å². The Morgan fingerprint density at radius 2 is 2.33 bits per heavy atom. The lowest BCUT2D eigenvalue weighted by Gasteiger charge is -2.39. The van der Waals surface area contributed by atoms with Crippen LogP contribution in [0.4, 0.5) is 9.18 Å². The molecule has 5 heteroatoms. The van der Waals surface area contributed by atoms with Gasteiger partial charge < -0.3 is 14.7 Å². The SMILES string of the molecule is CCOC(=O)N1CC[C@@H]2[C@H]1CCC[C@@]2(O)C#Cc1cccc(F)c1. The maximum Gasteiger partial charge on any atom is 0.410 e. The van der Waals surface area contributed by atoms with E-state index in [1.807, 2.05) is 0 Å². The number of fused-ring (bicyclic) bond motifs is 1. The number of likely N-dealkylation sites (tertiary alicyclic amines) is 1. The number of halogens is 1. The molecule has 3 atom stereocenters. The van der Waals surface area contributed by atoms with Gasteiger partial charge >= 0.3 is 6.09 Å². The minimum atomic E-state index is -1.14. The van der Waals surface area contributed by atoms with E-state index in [1.165, 1.54) is 12.1 Å². The summed E-state index contributed by atoms with van der Waals surface area (Å²) in [7, 11) is 0. The third-order valence-corrected chi connectivity index (χ3v) is 4.97. The molecular weight excluding hydrogens is 309 g/mol. The molecule has 1 aliphatic carbocycles. The molecule has 128 valence electrons. The summed E-state index contributed by atoms with van der Waals surface area (Å²) in [5.41, 5.74) is -0.595. The first-order chi connectivity index (χ1) is 11.5. The van der Waals surface area contributed by atoms with Gasteiger partial charge in [0.05, 0.1) is 6.61 Å². The molecule has 0 radical (unpaired) electrons. The molecule has 0 bridgehead atoms. The fraction of sp³-hybridized carbons (Fsp3) is 0.526. The smallest absolute Gasteiger partial charge is 0.410 e. The number of benzene rings is 1. The van der Waals surface area contributed by atoms with Crippen LogP contribution in [-0.4, -0.2) is 40.9 Å². The highest BCUT2D eigenvalue weighted by molar-refractivity contribution is 5.68. The molecule has 24 heavy (non-hydrogen) atoms. The Balaban J connectivity index is 1.80. The van der Waals surface area contributed by atoms with E-state index in [0.29, 0.717) is 31.6 Å². The van der Waals surface area contributed by atoms with Crippen molar-refractivity contribution in [1.82, 2.24) is 4.90 Å². The van der Waals surface area contributed by atoms with E-state index >= 15 is 0 Å². The van der Waals surface area contributed by atoms with Crippen molar-refractivity contribution in [3.05, 3.63) is 35.6 Å². The number of aliphatic hydroxyl groups is 1. The minimum absolute atomic E-state index is 0.0374. The van der Waals surface area contributed by atoms with Crippen molar-refractivity contribution < 1.29 is 19.0 Å². The van der Waals surface area contributed by atoms with Gasteiger partial charge in [-0.05, 0) is 50.8 Å². The molecule has 1 aromatic rings. The molecule has 1 saturated carbocycles. The lowest BCUT2D eigenvalue weighted by Crippen LogP contribution is -2.49. The molecule has 1 amide bonds. The van der Waals surface area contributed by atoms with Crippen molar-refractivity contribution in [3.63, 3.8) is 0 Å². The highest BCUT2D eigenvalue weighted by Crippen LogP contribution is 2.42. The van der Waals surface area contributed by atoms with Crippen LogP contribution in [0.2, 0.25) is 0 Å². The van der Waals surface area contributed by atoms with E-state index in [4.69, 9.17) is 4.74 Å². The molecule has 1 aliphatic heterocycles. The second-order valence-electron chi connectivity index (χ2n) is 6.43. The summed E-state index contributed by atoms with van der Waals surface area (Å²) in [5, 5.41) is 11.1. The Hall–Kier alpha value is -2.06. The number of nitrogens with zero attached hydrogens (tertiary/aromatic N) is 1. The number of ether oxygens (including phenoxy) is 1. The fourth-order valence-electron chi connectivity index (χ4n) is 3.87. The van der Waals surface area contributed by atoms with Crippen molar-refractivity contribution in [3.8, 4) is 11.8 Å². The lowest BCUT2D eigenvalue weighted by atomic mass is 9.73. The Kier molecular flexibility index (Phi) is 4.77. The third kappa shape index (κ3) is 3.25. The van der Waals surface area contributed by atoms with Gasteiger partial charge in [0, 0.05) is 24.1 Å². The molecule has 1 saturated heterocycles. The number of carbonyl (C=O) groups is 1. The Bertz CT molecular complexity index is 681. The van der Waals surface area contributed by atoms with E-state index in [-0.39, 0.29) is 23.9 Å². The maximum absolute atomic E-state index is 13.3. The van der Waals surface area contributed by atoms with Crippen molar-refractivity contribution in [2.75, 3.05) is 13.2 Å². The average Bonchev–Trinajstić information content (AvgIpc) is 2.99. The van der Waals surface area contributed by atoms with Gasteiger partial charge in [-0.1, -0.05) is 17.9 Å². The number of hydrogen-bond acceptors (Lipinski definition) is 3. The summed E-state index contributed by atoms with van der Waals surface area (Å²) in [6.07, 6.45) is 2.62. The molecular formula is C19H22FNO3. The Morgan fingerprint density at radius 3 is 3.08 bits per heavy atom. The van der Waals surface area contributed by atoms with E-state index in [2.05, 4.69) is 11.8 Å². The van der Waals surface area contributed by atoms with Crippen LogP contribution in [0, 0.1) is 23.6 Å². The second kappa shape index (κ2) is 6.82. The topological polar surface area (TPSA) is 49.8 Å². The van der Waals surface area contributed by atoms with Gasteiger partial charge in [-0.25, -0.2) is 9.18 Å². The number of rotatable bonds is 1. The standard InChI is InChI=1S/C19H22FNO3/c1-2-24-18(22)21-12-9-16-17(21)7-4-10-19(16,23)11-8-14-5-3-6-15(20)13-14/h3,5-6,13,16-17,23H,2,4,7,9-10,12H2,1H3/t16-,17-,19-/m1/s1. The molecule has 0 unspecified atom stereocenters. The molecule has 0 aromatic heterocycles. The largest absolute Gasteiger partial charge is 0.450 e. The van der Waals surface area contributed by atoms with Gasteiger partial charge in [-0.2, -0.15) is 0 Å². The summed E-state index contributed by atoms with van der Waals surface area (Å²) in [6.45, 7) is 2.71. The fourth-order valence-corrected chi connectivity index (χ4v) is 3.87. The Labute approximate surface area is 141 Å². The maximum atomic E-state index is 13.3. The molecule has 1 heterocycles. The third-order valence-electron chi connectivity index (χ3n) is 4.97. The predicted octanol–water partition coefficient (Wildman–Crippen LogP) is 2.94. The highest BCUT2D eigenvalue weighted by atomic mass is 19.1. The Morgan fingerprint density at radius 1 is 1.50 bits per heavy atom. The van der Waals surface area contributed by atoms with Crippen molar-refractivity contribution in [1.29, 1.82) is 0 Å². The second-order valence-corrected chi connectivity index (χ2v) is 6.43. The molecule has 1 N–H and O–H groups in total. The quantitative estimate of drug-likeness (QED) is 0.805. The number of hydrogen-bond donors (Lipinski definition) is 1. The summed E-state index contributed by atoms with van der Waals surface area (Å²) < 4.78 is 18.4. The van der Waals surface area contributed by atoms with E-state index < -0.39 is 5.60 Å². The van der Waals surface area contributed by atoms with Gasteiger partial charge in [-0.3, -0.25) is 0 Å². The number of amides is 1. The van der Waals surface area contributed by atoms with Crippen LogP contribution in [-0.2, 0) is 4.74 Å². The average molecular weight is 331 g/mol. The molecule has 2 aliphatic rings. The van der Waals surface area contributed by atoms with Crippen LogP contribution in [0.3, 0.4) is 0 Å². The summed E-state index contributed by atoms with van der Waals surface area (Å²) >= 11 is 0. The van der Waals surface area contributed by atoms with Gasteiger partial charge in [0.15, 0.2) is 0 Å². The highest BCUT2D eigenvalue weighted by Gasteiger charge is 2.50. The normalized spacial score (nSPS) is 28.7. The van der Waals surface area contributed by atoms with Crippen molar-refractivity contribution in [2.45, 2.75) is 44.2 Å². The van der Waals surface area contributed by atoms with E-state index in [0.717, 1.165) is 12.8 Å². The van der Waals surface area contributed by atoms with Crippen LogP contribution in [0.25, 0.3) is 0 Å². The van der Waals surface area contributed by atoms with Crippen molar-refractivity contribution >= 4 is 6.09 Å². The zero-order chi connectivity index (χ0) is 17.2. The molecule has 1 aromatic carbocycles. The lowest BCUT2D eigenvalue weighted by molar-refractivity contribution is -0.0145. The molecule has 3 rings (SSSR count). The zero-order valence-corrected chi connectivity index (χ0v) is 13.8. The van der Waals surface area contributed by atoms with Gasteiger partial charge in [0.2, 0.25) is 0 Å². The van der Waals surface area contributed by atoms with Crippen molar-refractivity contribution in [2.24, 2.45) is 5.92 Å². The first-order valence-corrected chi connectivity index (χ1v) is 8.48. The summed E-state index contributed by atoms with van der Waals surface area (Å²) in [6, 6.07) is 6.01. The summed E-state index contributed by atoms with van der Waals surface area (Å²) in [5.74, 6) is 5.44. The zero-order valence-electron chi connectivity index (χ0n) is 13.8. The first kappa shape index (κ1) is 16.8. The van der Waals surface area contributed by atoms with E-state index in [1.54, 1.807) is 24.0 Å². The minimum Gasteiger partial charge on any atom is -0.450 e. The van der Waals surface area contributed by atoms with Gasteiger partial charge in [-0.15, -0.1) is 0 Å². The molecule has 0 spiro atoms. The molecule has 2 fully saturated rings.